The number of amides is 1. The van der Waals surface area contributed by atoms with Crippen molar-refractivity contribution in [2.24, 2.45) is 0 Å². The summed E-state index contributed by atoms with van der Waals surface area (Å²) in [6.45, 7) is 0.523. The number of ether oxygens (including phenoxy) is 1. The van der Waals surface area contributed by atoms with Gasteiger partial charge in [-0.05, 0) is 76.3 Å². The largest absolute Gasteiger partial charge is 0.489 e. The molecule has 3 rings (SSSR count). The molecule has 0 aromatic heterocycles. The third kappa shape index (κ3) is 4.29. The summed E-state index contributed by atoms with van der Waals surface area (Å²) in [5.74, 6) is 0.569. The van der Waals surface area contributed by atoms with Gasteiger partial charge in [-0.3, -0.25) is 10.1 Å². The highest BCUT2D eigenvalue weighted by Crippen LogP contribution is 2.17. The molecular formula is C17H13IN2O2S. The minimum atomic E-state index is -0.214. The van der Waals surface area contributed by atoms with Crippen LogP contribution in [0.15, 0.2) is 54.2 Å². The zero-order chi connectivity index (χ0) is 16.2. The Bertz CT molecular complexity index is 770. The molecule has 1 fully saturated rings. The standard InChI is InChI=1S/C17H13IN2O2S/c18-13-5-1-12(2-6-13)10-22-14-7-3-11(4-8-14)9-15-16(21)20-17(23)19-15/h1-9H,10H2,(H2,19,20,21,23)/b15-9+. The molecule has 116 valence electrons. The number of thiocarbonyl (C=S) groups is 1. The monoisotopic (exact) mass is 436 g/mol. The molecule has 0 bridgehead atoms. The molecule has 1 heterocycles. The van der Waals surface area contributed by atoms with E-state index in [1.54, 1.807) is 6.08 Å². The quantitative estimate of drug-likeness (QED) is 0.439. The summed E-state index contributed by atoms with van der Waals surface area (Å²) in [7, 11) is 0. The normalized spacial score (nSPS) is 15.4. The molecule has 2 aromatic carbocycles. The van der Waals surface area contributed by atoms with E-state index in [-0.39, 0.29) is 5.91 Å². The zero-order valence-corrected chi connectivity index (χ0v) is 15.0. The third-order valence-corrected chi connectivity index (χ3v) is 4.15. The Morgan fingerprint density at radius 1 is 1.04 bits per heavy atom. The smallest absolute Gasteiger partial charge is 0.273 e. The van der Waals surface area contributed by atoms with E-state index >= 15 is 0 Å². The van der Waals surface area contributed by atoms with Gasteiger partial charge in [-0.1, -0.05) is 24.3 Å². The molecule has 0 saturated carbocycles. The summed E-state index contributed by atoms with van der Waals surface area (Å²) in [5.41, 5.74) is 2.47. The van der Waals surface area contributed by atoms with Crippen LogP contribution in [0.4, 0.5) is 0 Å². The summed E-state index contributed by atoms with van der Waals surface area (Å²) in [6, 6.07) is 15.8. The number of hydrogen-bond acceptors (Lipinski definition) is 3. The van der Waals surface area contributed by atoms with Crippen LogP contribution >= 0.6 is 34.8 Å². The minimum absolute atomic E-state index is 0.214. The second kappa shape index (κ2) is 7.10. The molecule has 2 N–H and O–H groups in total. The number of rotatable bonds is 4. The summed E-state index contributed by atoms with van der Waals surface area (Å²) in [4.78, 5) is 11.6. The Morgan fingerprint density at radius 2 is 1.74 bits per heavy atom. The molecule has 6 heteroatoms. The van der Waals surface area contributed by atoms with Gasteiger partial charge >= 0.3 is 0 Å². The fraction of sp³-hybridized carbons (Fsp3) is 0.0588. The Hall–Kier alpha value is -1.93. The van der Waals surface area contributed by atoms with Crippen LogP contribution in [0.3, 0.4) is 0 Å². The van der Waals surface area contributed by atoms with Crippen molar-refractivity contribution in [3.8, 4) is 5.75 Å². The molecular weight excluding hydrogens is 423 g/mol. The van der Waals surface area contributed by atoms with E-state index in [0.717, 1.165) is 16.9 Å². The summed E-state index contributed by atoms with van der Waals surface area (Å²) in [6.07, 6.45) is 1.75. The van der Waals surface area contributed by atoms with Crippen molar-refractivity contribution in [2.45, 2.75) is 6.61 Å². The Labute approximate surface area is 153 Å². The van der Waals surface area contributed by atoms with Crippen LogP contribution < -0.4 is 15.4 Å². The molecule has 0 unspecified atom stereocenters. The topological polar surface area (TPSA) is 50.4 Å². The van der Waals surface area contributed by atoms with Crippen LogP contribution in [0.5, 0.6) is 5.75 Å². The summed E-state index contributed by atoms with van der Waals surface area (Å²) < 4.78 is 6.96. The van der Waals surface area contributed by atoms with Crippen molar-refractivity contribution in [3.05, 3.63) is 68.9 Å². The average molecular weight is 436 g/mol. The SMILES string of the molecule is O=C1NC(=S)N/C1=C/c1ccc(OCc2ccc(I)cc2)cc1. The highest BCUT2D eigenvalue weighted by atomic mass is 127. The highest BCUT2D eigenvalue weighted by molar-refractivity contribution is 14.1. The molecule has 0 atom stereocenters. The van der Waals surface area contributed by atoms with Crippen molar-refractivity contribution < 1.29 is 9.53 Å². The molecule has 1 aliphatic rings. The van der Waals surface area contributed by atoms with Crippen LogP contribution in [0.1, 0.15) is 11.1 Å². The van der Waals surface area contributed by atoms with E-state index in [1.165, 1.54) is 3.57 Å². The number of carbonyl (C=O) groups excluding carboxylic acids is 1. The van der Waals surface area contributed by atoms with E-state index in [1.807, 2.05) is 36.4 Å². The fourth-order valence-corrected chi connectivity index (χ4v) is 2.62. The van der Waals surface area contributed by atoms with Crippen molar-refractivity contribution in [3.63, 3.8) is 0 Å². The molecule has 2 aromatic rings. The Balaban J connectivity index is 1.63. The van der Waals surface area contributed by atoms with Gasteiger partial charge in [0.15, 0.2) is 5.11 Å². The van der Waals surface area contributed by atoms with Crippen LogP contribution in [0, 0.1) is 3.57 Å². The predicted molar refractivity (Wildman–Crippen MR) is 102 cm³/mol. The fourth-order valence-electron chi connectivity index (χ4n) is 2.06. The first kappa shape index (κ1) is 15.9. The Morgan fingerprint density at radius 3 is 2.35 bits per heavy atom. The van der Waals surface area contributed by atoms with Crippen molar-refractivity contribution >= 4 is 51.9 Å². The van der Waals surface area contributed by atoms with E-state index in [0.29, 0.717) is 17.4 Å². The number of nitrogens with one attached hydrogen (secondary N) is 2. The van der Waals surface area contributed by atoms with Crippen molar-refractivity contribution in [2.75, 3.05) is 0 Å². The molecule has 0 spiro atoms. The van der Waals surface area contributed by atoms with E-state index < -0.39 is 0 Å². The molecule has 23 heavy (non-hydrogen) atoms. The zero-order valence-electron chi connectivity index (χ0n) is 12.0. The maximum absolute atomic E-state index is 11.6. The van der Waals surface area contributed by atoms with Crippen LogP contribution in [0.25, 0.3) is 6.08 Å². The maximum Gasteiger partial charge on any atom is 0.273 e. The number of carbonyl (C=O) groups is 1. The molecule has 1 saturated heterocycles. The average Bonchev–Trinajstić information content (AvgIpc) is 2.86. The van der Waals surface area contributed by atoms with Crippen LogP contribution in [-0.2, 0) is 11.4 Å². The van der Waals surface area contributed by atoms with E-state index in [2.05, 4.69) is 45.4 Å². The third-order valence-electron chi connectivity index (χ3n) is 3.23. The lowest BCUT2D eigenvalue weighted by Gasteiger charge is -2.07. The van der Waals surface area contributed by atoms with Gasteiger partial charge in [-0.25, -0.2) is 0 Å². The molecule has 1 aliphatic heterocycles. The van der Waals surface area contributed by atoms with Gasteiger partial charge in [-0.2, -0.15) is 0 Å². The summed E-state index contributed by atoms with van der Waals surface area (Å²) in [5, 5.41) is 5.68. The van der Waals surface area contributed by atoms with Gasteiger partial charge in [0.05, 0.1) is 0 Å². The lowest BCUT2D eigenvalue weighted by Crippen LogP contribution is -2.21. The van der Waals surface area contributed by atoms with Crippen molar-refractivity contribution in [1.82, 2.24) is 10.6 Å². The van der Waals surface area contributed by atoms with Crippen LogP contribution in [-0.4, -0.2) is 11.0 Å². The van der Waals surface area contributed by atoms with Gasteiger partial charge < -0.3 is 10.1 Å². The van der Waals surface area contributed by atoms with E-state index in [4.69, 9.17) is 17.0 Å². The first-order valence-electron chi connectivity index (χ1n) is 6.91. The number of benzene rings is 2. The highest BCUT2D eigenvalue weighted by Gasteiger charge is 2.19. The van der Waals surface area contributed by atoms with Crippen LogP contribution in [0.2, 0.25) is 0 Å². The predicted octanol–water partition coefficient (Wildman–Crippen LogP) is 3.22. The van der Waals surface area contributed by atoms with Crippen molar-refractivity contribution in [1.29, 1.82) is 0 Å². The lowest BCUT2D eigenvalue weighted by molar-refractivity contribution is -0.115. The van der Waals surface area contributed by atoms with Gasteiger partial charge in [0, 0.05) is 3.57 Å². The molecule has 4 nitrogen and oxygen atoms in total. The second-order valence-electron chi connectivity index (χ2n) is 4.95. The summed E-state index contributed by atoms with van der Waals surface area (Å²) >= 11 is 7.17. The molecule has 0 radical (unpaired) electrons. The molecule has 1 amide bonds. The number of halogens is 1. The molecule has 0 aliphatic carbocycles. The second-order valence-corrected chi connectivity index (χ2v) is 6.60. The van der Waals surface area contributed by atoms with Gasteiger partial charge in [0.1, 0.15) is 18.1 Å². The Kier molecular flexibility index (Phi) is 4.92. The van der Waals surface area contributed by atoms with E-state index in [9.17, 15) is 4.79 Å². The first-order valence-corrected chi connectivity index (χ1v) is 8.40. The lowest BCUT2D eigenvalue weighted by atomic mass is 10.2. The van der Waals surface area contributed by atoms with Gasteiger partial charge in [0.2, 0.25) is 0 Å². The van der Waals surface area contributed by atoms with Gasteiger partial charge in [-0.15, -0.1) is 0 Å². The minimum Gasteiger partial charge on any atom is -0.489 e. The maximum atomic E-state index is 11.6. The first-order chi connectivity index (χ1) is 11.1. The number of hydrogen-bond donors (Lipinski definition) is 2. The van der Waals surface area contributed by atoms with Gasteiger partial charge in [0.25, 0.3) is 5.91 Å².